The van der Waals surface area contributed by atoms with Crippen LogP contribution in [0.2, 0.25) is 10.0 Å². The summed E-state index contributed by atoms with van der Waals surface area (Å²) in [6.45, 7) is -0.746. The van der Waals surface area contributed by atoms with Crippen molar-refractivity contribution in [2.45, 2.75) is 15.9 Å². The molecule has 0 saturated heterocycles. The van der Waals surface area contributed by atoms with Crippen molar-refractivity contribution in [2.24, 2.45) is 0 Å². The molecule has 1 unspecified atom stereocenters. The average molecular weight is 347 g/mol. The third kappa shape index (κ3) is 3.92. The lowest BCUT2D eigenvalue weighted by molar-refractivity contribution is 0.161. The summed E-state index contributed by atoms with van der Waals surface area (Å²) in [6, 6.07) is 15.0. The van der Waals surface area contributed by atoms with Gasteiger partial charge in [0.15, 0.2) is 0 Å². The van der Waals surface area contributed by atoms with Crippen molar-refractivity contribution < 1.29 is 9.50 Å². The Hall–Kier alpha value is -0.740. The van der Waals surface area contributed by atoms with E-state index in [9.17, 15) is 9.50 Å². The van der Waals surface area contributed by atoms with Crippen molar-refractivity contribution in [3.8, 4) is 0 Å². The summed E-state index contributed by atoms with van der Waals surface area (Å²) in [5.74, 6) is 0.368. The molecule has 114 valence electrons. The second-order valence-electron chi connectivity index (χ2n) is 4.97. The molecule has 0 amide bonds. The molecule has 0 bridgehead atoms. The largest absolute Gasteiger partial charge is 0.390 e. The minimum atomic E-state index is -1.55. The van der Waals surface area contributed by atoms with Crippen LogP contribution in [0.15, 0.2) is 58.3 Å². The molecule has 0 aromatic heterocycles. The molecule has 0 aliphatic carbocycles. The van der Waals surface area contributed by atoms with Crippen molar-refractivity contribution in [2.75, 3.05) is 18.7 Å². The third-order valence-corrected chi connectivity index (χ3v) is 7.55. The van der Waals surface area contributed by atoms with Crippen LogP contribution in [-0.4, -0.2) is 29.9 Å². The van der Waals surface area contributed by atoms with Crippen LogP contribution in [0.25, 0.3) is 0 Å². The zero-order valence-electron chi connectivity index (χ0n) is 11.6. The molecule has 2 aromatic rings. The van der Waals surface area contributed by atoms with E-state index in [4.69, 9.17) is 23.2 Å². The number of hydrogen-bond donors (Lipinski definition) is 1. The minimum absolute atomic E-state index is 0.368. The Balaban J connectivity index is 2.47. The number of halogens is 3. The summed E-state index contributed by atoms with van der Waals surface area (Å²) in [7, 11) is -1.55. The van der Waals surface area contributed by atoms with Crippen LogP contribution in [-0.2, 0) is 0 Å². The zero-order valence-corrected chi connectivity index (χ0v) is 13.9. The van der Waals surface area contributed by atoms with Crippen molar-refractivity contribution in [3.05, 3.63) is 58.6 Å². The smallest absolute Gasteiger partial charge is 0.116 e. The summed E-state index contributed by atoms with van der Waals surface area (Å²) in [5, 5.41) is 11.1. The SMILES string of the molecule is CS(CC(O)CF)(c1ccc(Cl)cc1)c1ccc(Cl)cc1. The van der Waals surface area contributed by atoms with E-state index in [1.807, 2.05) is 48.5 Å². The van der Waals surface area contributed by atoms with E-state index < -0.39 is 22.8 Å². The summed E-state index contributed by atoms with van der Waals surface area (Å²) >= 11 is 11.9. The Kier molecular flexibility index (Phi) is 5.55. The van der Waals surface area contributed by atoms with Crippen LogP contribution >= 0.6 is 33.2 Å². The van der Waals surface area contributed by atoms with Crippen LogP contribution in [0.4, 0.5) is 4.39 Å². The molecule has 0 fully saturated rings. The van der Waals surface area contributed by atoms with Gasteiger partial charge in [0.05, 0.1) is 6.10 Å². The highest BCUT2D eigenvalue weighted by Crippen LogP contribution is 2.60. The highest BCUT2D eigenvalue weighted by Gasteiger charge is 2.26. The van der Waals surface area contributed by atoms with E-state index in [0.29, 0.717) is 15.8 Å². The van der Waals surface area contributed by atoms with E-state index in [1.165, 1.54) is 0 Å². The summed E-state index contributed by atoms with van der Waals surface area (Å²) in [6.07, 6.45) is 1.09. The van der Waals surface area contributed by atoms with Gasteiger partial charge in [-0.1, -0.05) is 23.2 Å². The minimum Gasteiger partial charge on any atom is -0.390 e. The summed E-state index contributed by atoms with van der Waals surface area (Å²) < 4.78 is 12.8. The van der Waals surface area contributed by atoms with Gasteiger partial charge in [-0.25, -0.2) is 4.39 Å². The van der Waals surface area contributed by atoms with Crippen LogP contribution in [0.1, 0.15) is 0 Å². The first kappa shape index (κ1) is 16.6. The topological polar surface area (TPSA) is 20.2 Å². The first-order valence-electron chi connectivity index (χ1n) is 6.47. The van der Waals surface area contributed by atoms with Crippen LogP contribution < -0.4 is 0 Å². The Morgan fingerprint density at radius 3 is 1.67 bits per heavy atom. The maximum Gasteiger partial charge on any atom is 0.116 e. The van der Waals surface area contributed by atoms with Crippen LogP contribution in [0.3, 0.4) is 0 Å². The van der Waals surface area contributed by atoms with Gasteiger partial charge in [0.1, 0.15) is 6.67 Å². The quantitative estimate of drug-likeness (QED) is 0.790. The number of aliphatic hydroxyl groups is 1. The lowest BCUT2D eigenvalue weighted by Gasteiger charge is -2.38. The van der Waals surface area contributed by atoms with Crippen molar-refractivity contribution in [1.29, 1.82) is 0 Å². The number of hydrogen-bond acceptors (Lipinski definition) is 1. The molecule has 0 spiro atoms. The van der Waals surface area contributed by atoms with E-state index in [2.05, 4.69) is 6.26 Å². The predicted molar refractivity (Wildman–Crippen MR) is 89.8 cm³/mol. The molecule has 1 nitrogen and oxygen atoms in total. The number of benzene rings is 2. The molecule has 0 heterocycles. The van der Waals surface area contributed by atoms with Crippen molar-refractivity contribution in [3.63, 3.8) is 0 Å². The molecule has 1 atom stereocenters. The first-order chi connectivity index (χ1) is 9.95. The maximum absolute atomic E-state index is 12.8. The summed E-state index contributed by atoms with van der Waals surface area (Å²) in [5.41, 5.74) is 0. The number of aliphatic hydroxyl groups excluding tert-OH is 1. The second-order valence-corrected chi connectivity index (χ2v) is 9.29. The molecular formula is C16H17Cl2FOS. The molecular weight excluding hydrogens is 330 g/mol. The van der Waals surface area contributed by atoms with Gasteiger partial charge in [-0.15, -0.1) is 0 Å². The van der Waals surface area contributed by atoms with E-state index >= 15 is 0 Å². The molecule has 2 rings (SSSR count). The molecule has 1 N–H and O–H groups in total. The van der Waals surface area contributed by atoms with Crippen LogP contribution in [0, 0.1) is 0 Å². The van der Waals surface area contributed by atoms with Gasteiger partial charge in [-0.2, -0.15) is 10.0 Å². The lowest BCUT2D eigenvalue weighted by Crippen LogP contribution is -2.20. The molecule has 2 aromatic carbocycles. The van der Waals surface area contributed by atoms with Crippen LogP contribution in [0.5, 0.6) is 0 Å². The first-order valence-corrected chi connectivity index (χ1v) is 9.43. The fourth-order valence-corrected chi connectivity index (χ4v) is 5.47. The Bertz CT molecular complexity index is 541. The van der Waals surface area contributed by atoms with Gasteiger partial charge in [0.2, 0.25) is 0 Å². The van der Waals surface area contributed by atoms with E-state index in [0.717, 1.165) is 9.79 Å². The monoisotopic (exact) mass is 346 g/mol. The Morgan fingerprint density at radius 2 is 1.33 bits per heavy atom. The Morgan fingerprint density at radius 1 is 0.952 bits per heavy atom. The average Bonchev–Trinajstić information content (AvgIpc) is 2.48. The highest BCUT2D eigenvalue weighted by molar-refractivity contribution is 8.33. The van der Waals surface area contributed by atoms with Gasteiger partial charge in [-0.3, -0.25) is 0 Å². The number of alkyl halides is 1. The molecule has 0 aliphatic heterocycles. The molecule has 5 heteroatoms. The standard InChI is InChI=1S/C16H17Cl2FOS/c1-21(11-14(20)10-19,15-6-2-12(17)3-7-15)16-8-4-13(18)5-9-16/h2-9,14,20H,10-11H2,1H3. The lowest BCUT2D eigenvalue weighted by atomic mass is 10.4. The fraction of sp³-hybridized carbons (Fsp3) is 0.250. The third-order valence-electron chi connectivity index (χ3n) is 3.37. The molecule has 0 aliphatic rings. The van der Waals surface area contributed by atoms with Gasteiger partial charge < -0.3 is 5.11 Å². The summed E-state index contributed by atoms with van der Waals surface area (Å²) in [4.78, 5) is 2.11. The highest BCUT2D eigenvalue weighted by atomic mass is 35.5. The fourth-order valence-electron chi connectivity index (χ4n) is 2.23. The normalized spacial score (nSPS) is 14.0. The second kappa shape index (κ2) is 7.01. The van der Waals surface area contributed by atoms with Gasteiger partial charge >= 0.3 is 0 Å². The maximum atomic E-state index is 12.8. The number of rotatable bonds is 5. The van der Waals surface area contributed by atoms with Crippen molar-refractivity contribution in [1.82, 2.24) is 0 Å². The van der Waals surface area contributed by atoms with E-state index in [1.54, 1.807) is 0 Å². The molecule has 0 saturated carbocycles. The van der Waals surface area contributed by atoms with Crippen molar-refractivity contribution >= 4 is 33.2 Å². The Labute approximate surface area is 136 Å². The molecule has 21 heavy (non-hydrogen) atoms. The molecule has 0 radical (unpaired) electrons. The zero-order chi connectivity index (χ0) is 15.5. The van der Waals surface area contributed by atoms with Gasteiger partial charge in [-0.05, 0) is 64.6 Å². The van der Waals surface area contributed by atoms with Gasteiger partial charge in [0.25, 0.3) is 0 Å². The van der Waals surface area contributed by atoms with E-state index in [-0.39, 0.29) is 0 Å². The van der Waals surface area contributed by atoms with Gasteiger partial charge in [0, 0.05) is 15.8 Å². The predicted octanol–water partition coefficient (Wildman–Crippen LogP) is 5.18.